The Balaban J connectivity index is 3.38. The highest BCUT2D eigenvalue weighted by Crippen LogP contribution is 2.42. The van der Waals surface area contributed by atoms with Gasteiger partial charge in [-0.15, -0.1) is 0 Å². The van der Waals surface area contributed by atoms with E-state index in [1.165, 1.54) is 77.0 Å². The molecule has 178 valence electrons. The molecular formula is C25H49O4P. The van der Waals surface area contributed by atoms with Gasteiger partial charge in [-0.05, 0) is 32.6 Å². The molecule has 0 fully saturated rings. The third kappa shape index (κ3) is 20.7. The minimum atomic E-state index is -2.98. The highest BCUT2D eigenvalue weighted by molar-refractivity contribution is 7.57. The van der Waals surface area contributed by atoms with Crippen molar-refractivity contribution in [2.75, 3.05) is 18.9 Å². The van der Waals surface area contributed by atoms with Crippen LogP contribution in [0.25, 0.3) is 0 Å². The lowest BCUT2D eigenvalue weighted by atomic mass is 10.0. The van der Waals surface area contributed by atoms with Crippen molar-refractivity contribution in [2.45, 2.75) is 123 Å². The summed E-state index contributed by atoms with van der Waals surface area (Å²) in [5, 5.41) is 0. The van der Waals surface area contributed by atoms with Gasteiger partial charge in [0.25, 0.3) is 0 Å². The van der Waals surface area contributed by atoms with Crippen molar-refractivity contribution in [3.63, 3.8) is 0 Å². The van der Waals surface area contributed by atoms with Crippen LogP contribution in [0.5, 0.6) is 0 Å². The lowest BCUT2D eigenvalue weighted by molar-refractivity contribution is -0.139. The van der Waals surface area contributed by atoms with Gasteiger partial charge < -0.3 is 9.63 Å². The van der Waals surface area contributed by atoms with Crippen LogP contribution in [0.4, 0.5) is 0 Å². The summed E-state index contributed by atoms with van der Waals surface area (Å²) in [6, 6.07) is 0. The van der Waals surface area contributed by atoms with Crippen LogP contribution in [0.2, 0.25) is 0 Å². The molecule has 0 amide bonds. The van der Waals surface area contributed by atoms with Crippen molar-refractivity contribution in [1.82, 2.24) is 0 Å². The van der Waals surface area contributed by atoms with E-state index < -0.39 is 7.37 Å². The number of rotatable bonds is 22. The van der Waals surface area contributed by atoms with Crippen molar-refractivity contribution in [1.29, 1.82) is 0 Å². The maximum absolute atomic E-state index is 12.2. The number of unbranched alkanes of at least 4 members (excludes halogenated alkanes) is 15. The Kier molecular flexibility index (Phi) is 19.9. The first kappa shape index (κ1) is 29.4. The number of ether oxygens (including phenoxy) is 1. The van der Waals surface area contributed by atoms with Crippen LogP contribution in [-0.2, 0) is 14.1 Å². The summed E-state index contributed by atoms with van der Waals surface area (Å²) in [7, 11) is -2.98. The zero-order chi connectivity index (χ0) is 22.5. The zero-order valence-corrected chi connectivity index (χ0v) is 20.9. The number of carbonyl (C=O) groups is 1. The van der Waals surface area contributed by atoms with E-state index in [-0.39, 0.29) is 5.97 Å². The summed E-state index contributed by atoms with van der Waals surface area (Å²) in [6.45, 7) is 7.79. The maximum atomic E-state index is 12.2. The summed E-state index contributed by atoms with van der Waals surface area (Å²) >= 11 is 0. The molecule has 30 heavy (non-hydrogen) atoms. The molecule has 1 N–H and O–H groups in total. The number of hydrogen-bond acceptors (Lipinski definition) is 3. The van der Waals surface area contributed by atoms with Crippen molar-refractivity contribution in [3.05, 3.63) is 12.2 Å². The van der Waals surface area contributed by atoms with Gasteiger partial charge in [-0.25, -0.2) is 4.79 Å². The number of esters is 1. The Morgan fingerprint density at radius 2 is 1.10 bits per heavy atom. The maximum Gasteiger partial charge on any atom is 0.333 e. The van der Waals surface area contributed by atoms with Gasteiger partial charge in [-0.2, -0.15) is 0 Å². The van der Waals surface area contributed by atoms with E-state index in [1.54, 1.807) is 6.92 Å². The summed E-state index contributed by atoms with van der Waals surface area (Å²) in [6.07, 6.45) is 21.2. The molecule has 0 heterocycles. The van der Waals surface area contributed by atoms with Crippen LogP contribution in [0, 0.1) is 0 Å². The molecule has 0 saturated carbocycles. The minimum absolute atomic E-state index is 0.361. The quantitative estimate of drug-likeness (QED) is 0.0794. The standard InChI is InChI=1S/C25H49O4P/c1-4-5-6-7-8-9-10-11-12-13-14-15-16-19-22-30(27,28)23-20-17-18-21-29-25(26)24(2)3/h2,4-23H2,1,3H3,(H,27,28). The second-order valence-corrected chi connectivity index (χ2v) is 11.5. The Morgan fingerprint density at radius 3 is 1.50 bits per heavy atom. The largest absolute Gasteiger partial charge is 0.462 e. The van der Waals surface area contributed by atoms with E-state index in [2.05, 4.69) is 13.5 Å². The van der Waals surface area contributed by atoms with Crippen molar-refractivity contribution in [2.24, 2.45) is 0 Å². The van der Waals surface area contributed by atoms with Crippen LogP contribution in [-0.4, -0.2) is 29.8 Å². The van der Waals surface area contributed by atoms with E-state index >= 15 is 0 Å². The summed E-state index contributed by atoms with van der Waals surface area (Å²) in [5.41, 5.74) is 0.406. The van der Waals surface area contributed by atoms with Crippen LogP contribution >= 0.6 is 7.37 Å². The molecule has 0 aliphatic rings. The van der Waals surface area contributed by atoms with Crippen LogP contribution in [0.15, 0.2) is 12.2 Å². The van der Waals surface area contributed by atoms with E-state index in [4.69, 9.17) is 4.74 Å². The molecule has 1 unspecified atom stereocenters. The topological polar surface area (TPSA) is 63.6 Å². The van der Waals surface area contributed by atoms with Crippen LogP contribution in [0.1, 0.15) is 123 Å². The molecule has 4 nitrogen and oxygen atoms in total. The molecule has 0 aromatic heterocycles. The number of carbonyl (C=O) groups excluding carboxylic acids is 1. The molecule has 0 rings (SSSR count). The van der Waals surface area contributed by atoms with Gasteiger partial charge >= 0.3 is 5.97 Å². The van der Waals surface area contributed by atoms with E-state index in [0.717, 1.165) is 32.1 Å². The minimum Gasteiger partial charge on any atom is -0.462 e. The second-order valence-electron chi connectivity index (χ2n) is 8.87. The van der Waals surface area contributed by atoms with Gasteiger partial charge in [0.1, 0.15) is 0 Å². The fourth-order valence-corrected chi connectivity index (χ4v) is 5.25. The molecule has 5 heteroatoms. The Morgan fingerprint density at radius 1 is 0.733 bits per heavy atom. The molecular weight excluding hydrogens is 395 g/mol. The first-order chi connectivity index (χ1) is 14.4. The number of hydrogen-bond donors (Lipinski definition) is 1. The van der Waals surface area contributed by atoms with E-state index in [1.807, 2.05) is 0 Å². The third-order valence-corrected chi connectivity index (χ3v) is 7.62. The SMILES string of the molecule is C=C(C)C(=O)OCCCCCP(=O)(O)CCCCCCCCCCCCCCCC. The van der Waals surface area contributed by atoms with Gasteiger partial charge in [-0.1, -0.05) is 97.0 Å². The van der Waals surface area contributed by atoms with E-state index in [0.29, 0.717) is 24.5 Å². The lowest BCUT2D eigenvalue weighted by Gasteiger charge is -2.11. The Labute approximate surface area is 186 Å². The first-order valence-electron chi connectivity index (χ1n) is 12.5. The van der Waals surface area contributed by atoms with Gasteiger partial charge in [0.2, 0.25) is 7.37 Å². The second kappa shape index (κ2) is 20.3. The van der Waals surface area contributed by atoms with Crippen molar-refractivity contribution in [3.8, 4) is 0 Å². The Hall–Kier alpha value is -0.600. The Bertz CT molecular complexity index is 476. The van der Waals surface area contributed by atoms with Crippen molar-refractivity contribution >= 4 is 13.3 Å². The highest BCUT2D eigenvalue weighted by atomic mass is 31.2. The predicted molar refractivity (Wildman–Crippen MR) is 129 cm³/mol. The lowest BCUT2D eigenvalue weighted by Crippen LogP contribution is -2.06. The normalized spacial score (nSPS) is 13.2. The molecule has 0 aliphatic carbocycles. The van der Waals surface area contributed by atoms with Crippen molar-refractivity contribution < 1.29 is 19.0 Å². The molecule has 0 aliphatic heterocycles. The first-order valence-corrected chi connectivity index (χ1v) is 14.6. The molecule has 0 radical (unpaired) electrons. The molecule has 0 aromatic carbocycles. The molecule has 1 atom stereocenters. The summed E-state index contributed by atoms with van der Waals surface area (Å²) in [4.78, 5) is 21.3. The fourth-order valence-electron chi connectivity index (χ4n) is 3.59. The van der Waals surface area contributed by atoms with Gasteiger partial charge in [0, 0.05) is 17.9 Å². The zero-order valence-electron chi connectivity index (χ0n) is 20.0. The molecule has 0 bridgehead atoms. The van der Waals surface area contributed by atoms with E-state index in [9.17, 15) is 14.3 Å². The highest BCUT2D eigenvalue weighted by Gasteiger charge is 2.16. The summed E-state index contributed by atoms with van der Waals surface area (Å²) in [5.74, 6) is -0.361. The predicted octanol–water partition coefficient (Wildman–Crippen LogP) is 8.03. The molecule has 0 aromatic rings. The summed E-state index contributed by atoms with van der Waals surface area (Å²) < 4.78 is 17.2. The molecule has 0 saturated heterocycles. The van der Waals surface area contributed by atoms with Crippen LogP contribution in [0.3, 0.4) is 0 Å². The van der Waals surface area contributed by atoms with Gasteiger partial charge in [0.05, 0.1) is 6.61 Å². The fraction of sp³-hybridized carbons (Fsp3) is 0.880. The third-order valence-electron chi connectivity index (χ3n) is 5.59. The smallest absolute Gasteiger partial charge is 0.333 e. The van der Waals surface area contributed by atoms with Gasteiger partial charge in [0.15, 0.2) is 0 Å². The monoisotopic (exact) mass is 444 g/mol. The van der Waals surface area contributed by atoms with Crippen LogP contribution < -0.4 is 0 Å². The van der Waals surface area contributed by atoms with Gasteiger partial charge in [-0.3, -0.25) is 4.57 Å². The molecule has 0 spiro atoms. The average molecular weight is 445 g/mol. The average Bonchev–Trinajstić information content (AvgIpc) is 2.70.